The van der Waals surface area contributed by atoms with Crippen molar-refractivity contribution in [3.05, 3.63) is 0 Å². The van der Waals surface area contributed by atoms with Gasteiger partial charge >= 0.3 is 6.03 Å². The number of hydrazone groups is 1. The number of nitrogens with zero attached hydrogens (tertiary/aromatic N) is 1. The number of primary amides is 1. The van der Waals surface area contributed by atoms with Crippen LogP contribution >= 0.6 is 0 Å². The second-order valence-corrected chi connectivity index (χ2v) is 4.26. The summed E-state index contributed by atoms with van der Waals surface area (Å²) in [6.45, 7) is 2.21. The van der Waals surface area contributed by atoms with Crippen LogP contribution in [0.25, 0.3) is 0 Å². The van der Waals surface area contributed by atoms with Crippen molar-refractivity contribution < 1.29 is 4.79 Å². The lowest BCUT2D eigenvalue weighted by atomic mass is 9.84. The third-order valence-corrected chi connectivity index (χ3v) is 2.89. The molecule has 0 aromatic rings. The van der Waals surface area contributed by atoms with Crippen molar-refractivity contribution in [1.29, 1.82) is 0 Å². The second kappa shape index (κ2) is 6.43. The fraction of sp³-hybridized carbons (Fsp3) is 0.818. The Hall–Kier alpha value is -1.06. The van der Waals surface area contributed by atoms with Crippen LogP contribution < -0.4 is 11.2 Å². The van der Waals surface area contributed by atoms with Gasteiger partial charge in [0.25, 0.3) is 0 Å². The quantitative estimate of drug-likeness (QED) is 0.689. The molecule has 0 bridgehead atoms. The molecule has 3 N–H and O–H groups in total. The predicted octanol–water partition coefficient (Wildman–Crippen LogP) is 2.39. The Bertz CT molecular complexity index is 238. The molecule has 1 rings (SSSR count). The number of unbranched alkanes of at least 4 members (excludes halogenated alkanes) is 1. The number of nitrogens with one attached hydrogen (secondary N) is 1. The Morgan fingerprint density at radius 3 is 3.13 bits per heavy atom. The first-order chi connectivity index (χ1) is 7.22. The van der Waals surface area contributed by atoms with Gasteiger partial charge in [0.05, 0.1) is 0 Å². The van der Waals surface area contributed by atoms with Crippen molar-refractivity contribution in [3.63, 3.8) is 0 Å². The van der Waals surface area contributed by atoms with E-state index in [1.54, 1.807) is 0 Å². The highest BCUT2D eigenvalue weighted by atomic mass is 16.2. The van der Waals surface area contributed by atoms with Crippen LogP contribution in [0.5, 0.6) is 0 Å². The van der Waals surface area contributed by atoms with E-state index in [1.807, 2.05) is 0 Å². The van der Waals surface area contributed by atoms with E-state index in [4.69, 9.17) is 5.73 Å². The highest BCUT2D eigenvalue weighted by Crippen LogP contribution is 2.26. The summed E-state index contributed by atoms with van der Waals surface area (Å²) in [5, 5.41) is 4.03. The molecule has 0 spiro atoms. The van der Waals surface area contributed by atoms with Gasteiger partial charge in [-0.05, 0) is 31.6 Å². The van der Waals surface area contributed by atoms with E-state index in [9.17, 15) is 4.79 Å². The molecule has 0 heterocycles. The first-order valence-corrected chi connectivity index (χ1v) is 5.83. The molecule has 0 aromatic carbocycles. The molecule has 0 aliphatic heterocycles. The summed E-state index contributed by atoms with van der Waals surface area (Å²) in [4.78, 5) is 10.5. The van der Waals surface area contributed by atoms with Crippen molar-refractivity contribution in [2.24, 2.45) is 16.8 Å². The van der Waals surface area contributed by atoms with Gasteiger partial charge in [-0.1, -0.05) is 26.2 Å². The first kappa shape index (κ1) is 12.0. The maximum atomic E-state index is 10.5. The molecule has 0 radical (unpaired) electrons. The van der Waals surface area contributed by atoms with Crippen LogP contribution in [0.3, 0.4) is 0 Å². The molecule has 1 aliphatic carbocycles. The maximum Gasteiger partial charge on any atom is 0.332 e. The number of hydrogen-bond donors (Lipinski definition) is 2. The fourth-order valence-electron chi connectivity index (χ4n) is 2.11. The van der Waals surface area contributed by atoms with Gasteiger partial charge in [-0.2, -0.15) is 5.10 Å². The Balaban J connectivity index is 2.34. The van der Waals surface area contributed by atoms with E-state index in [0.29, 0.717) is 0 Å². The van der Waals surface area contributed by atoms with Gasteiger partial charge in [-0.15, -0.1) is 0 Å². The molecule has 1 aliphatic rings. The van der Waals surface area contributed by atoms with Crippen LogP contribution in [0.4, 0.5) is 4.79 Å². The van der Waals surface area contributed by atoms with E-state index in [2.05, 4.69) is 17.5 Å². The average molecular weight is 211 g/mol. The Morgan fingerprint density at radius 2 is 2.47 bits per heavy atom. The Morgan fingerprint density at radius 1 is 1.67 bits per heavy atom. The predicted molar refractivity (Wildman–Crippen MR) is 61.6 cm³/mol. The number of carbonyl (C=O) groups excluding carboxylic acids is 1. The van der Waals surface area contributed by atoms with E-state index >= 15 is 0 Å². The molecular formula is C11H21N3O. The topological polar surface area (TPSA) is 67.5 Å². The SMILES string of the molecule is CCCCC1CCCC(=NNC(N)=O)C1. The molecule has 0 saturated heterocycles. The standard InChI is InChI=1S/C11H21N3O/c1-2-3-5-9-6-4-7-10(8-9)13-14-11(12)15/h9H,2-8H2,1H3,(H3,12,14,15). The smallest absolute Gasteiger partial charge is 0.332 e. The molecule has 4 nitrogen and oxygen atoms in total. The summed E-state index contributed by atoms with van der Waals surface area (Å²) >= 11 is 0. The third-order valence-electron chi connectivity index (χ3n) is 2.89. The number of carbonyl (C=O) groups is 1. The lowest BCUT2D eigenvalue weighted by Crippen LogP contribution is -2.27. The molecule has 1 unspecified atom stereocenters. The third kappa shape index (κ3) is 4.81. The Labute approximate surface area is 91.3 Å². The normalized spacial score (nSPS) is 24.1. The van der Waals surface area contributed by atoms with E-state index < -0.39 is 6.03 Å². The van der Waals surface area contributed by atoms with Crippen molar-refractivity contribution in [2.45, 2.75) is 51.9 Å². The lowest BCUT2D eigenvalue weighted by molar-refractivity contribution is 0.249. The molecule has 0 aromatic heterocycles. The molecule has 1 saturated carbocycles. The number of hydrogen-bond acceptors (Lipinski definition) is 2. The lowest BCUT2D eigenvalue weighted by Gasteiger charge is -2.22. The highest BCUT2D eigenvalue weighted by Gasteiger charge is 2.17. The van der Waals surface area contributed by atoms with Crippen LogP contribution in [0.2, 0.25) is 0 Å². The van der Waals surface area contributed by atoms with Crippen LogP contribution in [-0.4, -0.2) is 11.7 Å². The van der Waals surface area contributed by atoms with Gasteiger partial charge in [0.15, 0.2) is 0 Å². The van der Waals surface area contributed by atoms with E-state index in [1.165, 1.54) is 32.1 Å². The molecule has 15 heavy (non-hydrogen) atoms. The van der Waals surface area contributed by atoms with Crippen molar-refractivity contribution in [1.82, 2.24) is 5.43 Å². The minimum atomic E-state index is -0.571. The Kier molecular flexibility index (Phi) is 5.15. The van der Waals surface area contributed by atoms with Crippen LogP contribution in [0.15, 0.2) is 5.10 Å². The zero-order valence-electron chi connectivity index (χ0n) is 9.46. The maximum absolute atomic E-state index is 10.5. The van der Waals surface area contributed by atoms with Gasteiger partial charge in [-0.3, -0.25) is 0 Å². The summed E-state index contributed by atoms with van der Waals surface area (Å²) in [5.41, 5.74) is 8.38. The number of rotatable bonds is 4. The van der Waals surface area contributed by atoms with Crippen LogP contribution in [0, 0.1) is 5.92 Å². The van der Waals surface area contributed by atoms with Gasteiger partial charge in [0, 0.05) is 5.71 Å². The van der Waals surface area contributed by atoms with Gasteiger partial charge in [0.2, 0.25) is 0 Å². The molecule has 2 amide bonds. The molecule has 1 fully saturated rings. The minimum absolute atomic E-state index is 0.571. The van der Waals surface area contributed by atoms with Crippen LogP contribution in [-0.2, 0) is 0 Å². The highest BCUT2D eigenvalue weighted by molar-refractivity contribution is 5.86. The molecule has 4 heteroatoms. The van der Waals surface area contributed by atoms with E-state index in [0.717, 1.165) is 24.5 Å². The average Bonchev–Trinajstić information content (AvgIpc) is 2.24. The summed E-state index contributed by atoms with van der Waals surface area (Å²) in [6, 6.07) is -0.571. The van der Waals surface area contributed by atoms with Gasteiger partial charge in [0.1, 0.15) is 0 Å². The van der Waals surface area contributed by atoms with Gasteiger partial charge in [-0.25, -0.2) is 10.2 Å². The summed E-state index contributed by atoms with van der Waals surface area (Å²) in [5.74, 6) is 0.757. The molecule has 86 valence electrons. The minimum Gasteiger partial charge on any atom is -0.350 e. The summed E-state index contributed by atoms with van der Waals surface area (Å²) in [7, 11) is 0. The molecule has 1 atom stereocenters. The second-order valence-electron chi connectivity index (χ2n) is 4.26. The largest absolute Gasteiger partial charge is 0.350 e. The number of urea groups is 1. The van der Waals surface area contributed by atoms with Gasteiger partial charge < -0.3 is 5.73 Å². The molecular weight excluding hydrogens is 190 g/mol. The number of amides is 2. The summed E-state index contributed by atoms with van der Waals surface area (Å²) in [6.07, 6.45) is 8.35. The van der Waals surface area contributed by atoms with Crippen molar-refractivity contribution in [2.75, 3.05) is 0 Å². The first-order valence-electron chi connectivity index (χ1n) is 5.83. The van der Waals surface area contributed by atoms with Crippen molar-refractivity contribution >= 4 is 11.7 Å². The summed E-state index contributed by atoms with van der Waals surface area (Å²) < 4.78 is 0. The van der Waals surface area contributed by atoms with E-state index in [-0.39, 0.29) is 0 Å². The monoisotopic (exact) mass is 211 g/mol. The van der Waals surface area contributed by atoms with Crippen molar-refractivity contribution in [3.8, 4) is 0 Å². The zero-order valence-corrected chi connectivity index (χ0v) is 9.46. The van der Waals surface area contributed by atoms with Crippen LogP contribution in [0.1, 0.15) is 51.9 Å². The number of nitrogens with two attached hydrogens (primary N) is 1. The fourth-order valence-corrected chi connectivity index (χ4v) is 2.11. The zero-order chi connectivity index (χ0) is 11.1.